The van der Waals surface area contributed by atoms with Crippen LogP contribution in [0.2, 0.25) is 0 Å². The minimum atomic E-state index is -0.227. The van der Waals surface area contributed by atoms with E-state index in [4.69, 9.17) is 0 Å². The molecule has 0 radical (unpaired) electrons. The Morgan fingerprint density at radius 3 is 2.92 bits per heavy atom. The summed E-state index contributed by atoms with van der Waals surface area (Å²) in [6.07, 6.45) is 5.48. The highest BCUT2D eigenvalue weighted by molar-refractivity contribution is 14.0. The number of aliphatic imine (C=N–C) groups is 1. The summed E-state index contributed by atoms with van der Waals surface area (Å²) in [6.45, 7) is 2.27. The molecule has 0 fully saturated rings. The van der Waals surface area contributed by atoms with E-state index in [1.54, 1.807) is 13.1 Å². The third kappa shape index (κ3) is 5.65. The first-order valence-electron chi connectivity index (χ1n) is 8.86. The standard InChI is InChI=1S/C18H25FN6.HI/c1-20-18(22-13-14-6-5-7-15(19)12-14)21-10-9-17-24-23-16-8-3-2-4-11-25(16)17;/h5-7,12H,2-4,8-11,13H2,1H3,(H2,20,21,22);1H. The molecule has 1 aliphatic heterocycles. The molecule has 0 saturated carbocycles. The van der Waals surface area contributed by atoms with Gasteiger partial charge >= 0.3 is 0 Å². The van der Waals surface area contributed by atoms with Crippen LogP contribution < -0.4 is 10.6 Å². The van der Waals surface area contributed by atoms with Gasteiger partial charge in [-0.05, 0) is 30.5 Å². The molecule has 2 N–H and O–H groups in total. The molecule has 1 aromatic heterocycles. The van der Waals surface area contributed by atoms with Crippen LogP contribution >= 0.6 is 24.0 Å². The molecule has 26 heavy (non-hydrogen) atoms. The average Bonchev–Trinajstić information content (AvgIpc) is 2.85. The van der Waals surface area contributed by atoms with Gasteiger partial charge in [0.1, 0.15) is 17.5 Å². The average molecular weight is 472 g/mol. The van der Waals surface area contributed by atoms with Crippen LogP contribution in [0.15, 0.2) is 29.3 Å². The molecule has 1 aliphatic rings. The van der Waals surface area contributed by atoms with E-state index < -0.39 is 0 Å². The van der Waals surface area contributed by atoms with Crippen molar-refractivity contribution < 1.29 is 4.39 Å². The number of hydrogen-bond donors (Lipinski definition) is 2. The Morgan fingerprint density at radius 1 is 1.23 bits per heavy atom. The van der Waals surface area contributed by atoms with Crippen LogP contribution in [-0.4, -0.2) is 34.3 Å². The summed E-state index contributed by atoms with van der Waals surface area (Å²) in [7, 11) is 1.73. The van der Waals surface area contributed by atoms with Crippen LogP contribution in [0, 0.1) is 5.82 Å². The van der Waals surface area contributed by atoms with Gasteiger partial charge in [-0.3, -0.25) is 4.99 Å². The zero-order valence-electron chi connectivity index (χ0n) is 15.0. The summed E-state index contributed by atoms with van der Waals surface area (Å²) in [6, 6.07) is 6.55. The Kier molecular flexibility index (Phi) is 8.27. The molecule has 0 amide bonds. The van der Waals surface area contributed by atoms with Crippen LogP contribution in [0.1, 0.15) is 36.5 Å². The van der Waals surface area contributed by atoms with Crippen molar-refractivity contribution in [3.8, 4) is 0 Å². The number of halogens is 2. The SMILES string of the molecule is CN=C(NCCc1nnc2n1CCCCC2)NCc1cccc(F)c1.I. The van der Waals surface area contributed by atoms with Crippen molar-refractivity contribution in [2.45, 2.75) is 45.2 Å². The fourth-order valence-corrected chi connectivity index (χ4v) is 3.08. The molecule has 3 rings (SSSR count). The zero-order valence-corrected chi connectivity index (χ0v) is 17.4. The van der Waals surface area contributed by atoms with Crippen molar-refractivity contribution >= 4 is 29.9 Å². The van der Waals surface area contributed by atoms with Gasteiger partial charge < -0.3 is 15.2 Å². The number of rotatable bonds is 5. The van der Waals surface area contributed by atoms with E-state index >= 15 is 0 Å². The molecule has 8 heteroatoms. The summed E-state index contributed by atoms with van der Waals surface area (Å²) < 4.78 is 15.5. The molecular formula is C18H26FIN6. The van der Waals surface area contributed by atoms with Gasteiger partial charge in [-0.2, -0.15) is 0 Å². The summed E-state index contributed by atoms with van der Waals surface area (Å²) in [5, 5.41) is 15.1. The van der Waals surface area contributed by atoms with Gasteiger partial charge in [-0.25, -0.2) is 4.39 Å². The Labute approximate surface area is 170 Å². The van der Waals surface area contributed by atoms with Crippen LogP contribution in [0.3, 0.4) is 0 Å². The second-order valence-electron chi connectivity index (χ2n) is 6.23. The first-order chi connectivity index (χ1) is 12.3. The van der Waals surface area contributed by atoms with Gasteiger partial charge in [0.15, 0.2) is 5.96 Å². The zero-order chi connectivity index (χ0) is 17.5. The number of nitrogens with zero attached hydrogens (tertiary/aromatic N) is 4. The van der Waals surface area contributed by atoms with Crippen LogP contribution in [0.25, 0.3) is 0 Å². The van der Waals surface area contributed by atoms with Crippen molar-refractivity contribution in [1.29, 1.82) is 0 Å². The van der Waals surface area contributed by atoms with Crippen LogP contribution in [0.4, 0.5) is 4.39 Å². The van der Waals surface area contributed by atoms with Crippen LogP contribution in [0.5, 0.6) is 0 Å². The maximum Gasteiger partial charge on any atom is 0.191 e. The quantitative estimate of drug-likeness (QED) is 0.399. The lowest BCUT2D eigenvalue weighted by molar-refractivity contribution is 0.600. The van der Waals surface area contributed by atoms with Gasteiger partial charge in [0.2, 0.25) is 0 Å². The number of nitrogens with one attached hydrogen (secondary N) is 2. The maximum absolute atomic E-state index is 13.2. The molecule has 0 saturated heterocycles. The van der Waals surface area contributed by atoms with Crippen molar-refractivity contribution in [3.05, 3.63) is 47.3 Å². The molecule has 0 spiro atoms. The fourth-order valence-electron chi connectivity index (χ4n) is 3.08. The Balaban J connectivity index is 0.00000243. The molecule has 1 aromatic carbocycles. The second-order valence-corrected chi connectivity index (χ2v) is 6.23. The molecule has 0 atom stereocenters. The smallest absolute Gasteiger partial charge is 0.191 e. The molecule has 6 nitrogen and oxygen atoms in total. The number of fused-ring (bicyclic) bond motifs is 1. The minimum Gasteiger partial charge on any atom is -0.356 e. The molecular weight excluding hydrogens is 446 g/mol. The molecule has 0 unspecified atom stereocenters. The van der Waals surface area contributed by atoms with Crippen LogP contribution in [-0.2, 0) is 25.9 Å². The number of guanidine groups is 1. The van der Waals surface area contributed by atoms with E-state index in [-0.39, 0.29) is 29.8 Å². The largest absolute Gasteiger partial charge is 0.356 e. The fraction of sp³-hybridized carbons (Fsp3) is 0.500. The Morgan fingerprint density at radius 2 is 2.12 bits per heavy atom. The first kappa shape index (κ1) is 20.6. The lowest BCUT2D eigenvalue weighted by Gasteiger charge is -2.12. The first-order valence-corrected chi connectivity index (χ1v) is 8.86. The highest BCUT2D eigenvalue weighted by Crippen LogP contribution is 2.14. The summed E-state index contributed by atoms with van der Waals surface area (Å²) >= 11 is 0. The van der Waals surface area contributed by atoms with E-state index in [1.165, 1.54) is 31.4 Å². The van der Waals surface area contributed by atoms with E-state index in [0.717, 1.165) is 43.1 Å². The van der Waals surface area contributed by atoms with E-state index in [0.29, 0.717) is 12.5 Å². The highest BCUT2D eigenvalue weighted by Gasteiger charge is 2.14. The van der Waals surface area contributed by atoms with Gasteiger partial charge in [-0.1, -0.05) is 18.6 Å². The predicted octanol–water partition coefficient (Wildman–Crippen LogP) is 2.67. The third-order valence-electron chi connectivity index (χ3n) is 4.40. The molecule has 142 valence electrons. The van der Waals surface area contributed by atoms with Gasteiger partial charge in [-0.15, -0.1) is 34.2 Å². The maximum atomic E-state index is 13.2. The molecule has 0 aliphatic carbocycles. The van der Waals surface area contributed by atoms with Gasteiger partial charge in [0.25, 0.3) is 0 Å². The number of benzene rings is 1. The Hall–Kier alpha value is -1.71. The summed E-state index contributed by atoms with van der Waals surface area (Å²) in [5.74, 6) is 2.61. The lowest BCUT2D eigenvalue weighted by Crippen LogP contribution is -2.38. The summed E-state index contributed by atoms with van der Waals surface area (Å²) in [5.41, 5.74) is 0.880. The normalized spacial score (nSPS) is 14.2. The van der Waals surface area contributed by atoms with Crippen molar-refractivity contribution in [3.63, 3.8) is 0 Å². The predicted molar refractivity (Wildman–Crippen MR) is 111 cm³/mol. The van der Waals surface area contributed by atoms with E-state index in [9.17, 15) is 4.39 Å². The molecule has 2 aromatic rings. The second kappa shape index (κ2) is 10.4. The van der Waals surface area contributed by atoms with Crippen molar-refractivity contribution in [1.82, 2.24) is 25.4 Å². The Bertz CT molecular complexity index is 730. The summed E-state index contributed by atoms with van der Waals surface area (Å²) in [4.78, 5) is 4.20. The van der Waals surface area contributed by atoms with Crippen molar-refractivity contribution in [2.75, 3.05) is 13.6 Å². The van der Waals surface area contributed by atoms with Gasteiger partial charge in [0, 0.05) is 39.5 Å². The molecule has 0 bridgehead atoms. The monoisotopic (exact) mass is 472 g/mol. The third-order valence-corrected chi connectivity index (χ3v) is 4.40. The lowest BCUT2D eigenvalue weighted by atomic mass is 10.2. The number of aromatic nitrogens is 3. The molecule has 2 heterocycles. The van der Waals surface area contributed by atoms with E-state index in [2.05, 4.69) is 30.4 Å². The number of hydrogen-bond acceptors (Lipinski definition) is 3. The minimum absolute atomic E-state index is 0. The topological polar surface area (TPSA) is 67.1 Å². The van der Waals surface area contributed by atoms with Gasteiger partial charge in [0.05, 0.1) is 0 Å². The highest BCUT2D eigenvalue weighted by atomic mass is 127. The van der Waals surface area contributed by atoms with Crippen molar-refractivity contribution in [2.24, 2.45) is 4.99 Å². The number of aryl methyl sites for hydroxylation is 1. The van der Waals surface area contributed by atoms with E-state index in [1.807, 2.05) is 6.07 Å².